The summed E-state index contributed by atoms with van der Waals surface area (Å²) in [6.07, 6.45) is 0.785. The fourth-order valence-electron chi connectivity index (χ4n) is 4.82. The first-order valence-corrected chi connectivity index (χ1v) is 13.4. The smallest absolute Gasteiger partial charge is 0.307 e. The zero-order valence-electron chi connectivity index (χ0n) is 22.7. The van der Waals surface area contributed by atoms with Crippen LogP contribution in [-0.4, -0.2) is 42.3 Å². The lowest BCUT2D eigenvalue weighted by Crippen LogP contribution is -2.32. The Hall–Kier alpha value is -4.09. The van der Waals surface area contributed by atoms with Crippen LogP contribution in [0.5, 0.6) is 11.5 Å². The van der Waals surface area contributed by atoms with E-state index in [-0.39, 0.29) is 18.4 Å². The van der Waals surface area contributed by atoms with Gasteiger partial charge in [-0.25, -0.2) is 0 Å². The van der Waals surface area contributed by atoms with E-state index in [1.54, 1.807) is 7.11 Å². The Morgan fingerprint density at radius 1 is 0.795 bits per heavy atom. The summed E-state index contributed by atoms with van der Waals surface area (Å²) in [6.45, 7) is 4.58. The molecule has 0 radical (unpaired) electrons. The van der Waals surface area contributed by atoms with E-state index in [2.05, 4.69) is 84.6 Å². The molecule has 4 rings (SSSR count). The Kier molecular flexibility index (Phi) is 10.1. The van der Waals surface area contributed by atoms with E-state index < -0.39 is 5.97 Å². The SMILES string of the molecule is COc1ccc(CN(CCC(C)Oc2cccc(CC(=O)O)c2)CC(c2ccccc2)c2ccccc2)cc1. The van der Waals surface area contributed by atoms with Gasteiger partial charge in [-0.05, 0) is 59.9 Å². The van der Waals surface area contributed by atoms with Gasteiger partial charge in [0.15, 0.2) is 0 Å². The van der Waals surface area contributed by atoms with Gasteiger partial charge in [0.25, 0.3) is 0 Å². The van der Waals surface area contributed by atoms with Crippen molar-refractivity contribution in [2.24, 2.45) is 0 Å². The standard InChI is InChI=1S/C34H37NO4/c1-26(39-32-15-9-10-28(22-32)23-34(36)37)20-21-35(24-27-16-18-31(38-2)19-17-27)25-33(29-11-5-3-6-12-29)30-13-7-4-8-14-30/h3-19,22,26,33H,20-21,23-25H2,1-2H3,(H,36,37). The maximum Gasteiger partial charge on any atom is 0.307 e. The number of benzene rings is 4. The highest BCUT2D eigenvalue weighted by molar-refractivity contribution is 5.70. The second-order valence-electron chi connectivity index (χ2n) is 9.89. The molecule has 0 spiro atoms. The molecule has 202 valence electrons. The minimum atomic E-state index is -0.847. The number of hydrogen-bond donors (Lipinski definition) is 1. The molecule has 1 N–H and O–H groups in total. The second kappa shape index (κ2) is 14.2. The van der Waals surface area contributed by atoms with Crippen LogP contribution in [0.25, 0.3) is 0 Å². The van der Waals surface area contributed by atoms with Crippen LogP contribution in [0.4, 0.5) is 0 Å². The summed E-state index contributed by atoms with van der Waals surface area (Å²) in [5, 5.41) is 9.12. The summed E-state index contributed by atoms with van der Waals surface area (Å²) >= 11 is 0. The van der Waals surface area contributed by atoms with E-state index in [0.717, 1.165) is 37.4 Å². The lowest BCUT2D eigenvalue weighted by Gasteiger charge is -2.29. The third-order valence-electron chi connectivity index (χ3n) is 6.85. The topological polar surface area (TPSA) is 59.0 Å². The summed E-state index contributed by atoms with van der Waals surface area (Å²) < 4.78 is 11.6. The second-order valence-corrected chi connectivity index (χ2v) is 9.89. The highest BCUT2D eigenvalue weighted by atomic mass is 16.5. The molecule has 0 heterocycles. The highest BCUT2D eigenvalue weighted by Gasteiger charge is 2.20. The van der Waals surface area contributed by atoms with E-state index in [4.69, 9.17) is 14.6 Å². The predicted molar refractivity (Wildman–Crippen MR) is 155 cm³/mol. The number of carbonyl (C=O) groups is 1. The van der Waals surface area contributed by atoms with Crippen molar-refractivity contribution in [2.45, 2.75) is 38.3 Å². The normalized spacial score (nSPS) is 11.9. The van der Waals surface area contributed by atoms with Gasteiger partial charge < -0.3 is 14.6 Å². The van der Waals surface area contributed by atoms with E-state index >= 15 is 0 Å². The summed E-state index contributed by atoms with van der Waals surface area (Å²) in [7, 11) is 1.68. The van der Waals surface area contributed by atoms with Gasteiger partial charge in [-0.2, -0.15) is 0 Å². The first-order chi connectivity index (χ1) is 19.0. The van der Waals surface area contributed by atoms with E-state index in [1.165, 1.54) is 16.7 Å². The molecule has 39 heavy (non-hydrogen) atoms. The number of carboxylic acid groups (broad SMARTS) is 1. The van der Waals surface area contributed by atoms with Gasteiger partial charge in [-0.15, -0.1) is 0 Å². The molecule has 5 heteroatoms. The van der Waals surface area contributed by atoms with Gasteiger partial charge in [-0.3, -0.25) is 9.69 Å². The van der Waals surface area contributed by atoms with Crippen LogP contribution in [0.1, 0.15) is 41.5 Å². The third-order valence-corrected chi connectivity index (χ3v) is 6.85. The number of methoxy groups -OCH3 is 1. The maximum atomic E-state index is 11.1. The molecule has 0 aliphatic heterocycles. The van der Waals surface area contributed by atoms with Crippen molar-refractivity contribution in [1.82, 2.24) is 4.90 Å². The molecule has 0 aliphatic rings. The van der Waals surface area contributed by atoms with Crippen molar-refractivity contribution < 1.29 is 19.4 Å². The quantitative estimate of drug-likeness (QED) is 0.197. The Labute approximate surface area is 231 Å². The van der Waals surface area contributed by atoms with Crippen LogP contribution in [-0.2, 0) is 17.8 Å². The molecule has 0 fully saturated rings. The van der Waals surface area contributed by atoms with Gasteiger partial charge in [0, 0.05) is 25.6 Å². The molecule has 0 amide bonds. The zero-order chi connectivity index (χ0) is 27.5. The van der Waals surface area contributed by atoms with Crippen LogP contribution < -0.4 is 9.47 Å². The lowest BCUT2D eigenvalue weighted by molar-refractivity contribution is -0.136. The first kappa shape index (κ1) is 27.9. The van der Waals surface area contributed by atoms with Crippen LogP contribution >= 0.6 is 0 Å². The number of aliphatic carboxylic acids is 1. The number of ether oxygens (including phenoxy) is 2. The lowest BCUT2D eigenvalue weighted by atomic mass is 9.90. The molecule has 1 unspecified atom stereocenters. The third kappa shape index (κ3) is 8.72. The Bertz CT molecular complexity index is 1250. The monoisotopic (exact) mass is 523 g/mol. The summed E-state index contributed by atoms with van der Waals surface area (Å²) in [5.74, 6) is 0.939. The molecule has 0 aromatic heterocycles. The average Bonchev–Trinajstić information content (AvgIpc) is 2.95. The van der Waals surface area contributed by atoms with Crippen LogP contribution in [0.3, 0.4) is 0 Å². The van der Waals surface area contributed by atoms with Gasteiger partial charge in [-0.1, -0.05) is 84.9 Å². The predicted octanol–water partition coefficient (Wildman–Crippen LogP) is 6.81. The van der Waals surface area contributed by atoms with Gasteiger partial charge in [0.2, 0.25) is 0 Å². The van der Waals surface area contributed by atoms with E-state index in [9.17, 15) is 4.79 Å². The number of rotatable bonds is 14. The van der Waals surface area contributed by atoms with Crippen molar-refractivity contribution in [2.75, 3.05) is 20.2 Å². The molecule has 4 aromatic carbocycles. The average molecular weight is 524 g/mol. The number of nitrogens with zero attached hydrogens (tertiary/aromatic N) is 1. The van der Waals surface area contributed by atoms with Gasteiger partial charge in [0.05, 0.1) is 19.6 Å². The first-order valence-electron chi connectivity index (χ1n) is 13.4. The van der Waals surface area contributed by atoms with Gasteiger partial charge in [0.1, 0.15) is 11.5 Å². The van der Waals surface area contributed by atoms with Crippen molar-refractivity contribution in [3.8, 4) is 11.5 Å². The van der Waals surface area contributed by atoms with E-state index in [0.29, 0.717) is 5.75 Å². The number of carboxylic acids is 1. The van der Waals surface area contributed by atoms with Crippen LogP contribution in [0.15, 0.2) is 109 Å². The molecule has 0 saturated heterocycles. The summed E-state index contributed by atoms with van der Waals surface area (Å²) in [4.78, 5) is 13.6. The van der Waals surface area contributed by atoms with E-state index in [1.807, 2.05) is 36.4 Å². The maximum absolute atomic E-state index is 11.1. The summed E-state index contributed by atoms with van der Waals surface area (Å²) in [6, 6.07) is 37.0. The molecule has 0 bridgehead atoms. The highest BCUT2D eigenvalue weighted by Crippen LogP contribution is 2.27. The van der Waals surface area contributed by atoms with Crippen LogP contribution in [0, 0.1) is 0 Å². The Balaban J connectivity index is 1.50. The zero-order valence-corrected chi connectivity index (χ0v) is 22.7. The minimum Gasteiger partial charge on any atom is -0.497 e. The van der Waals surface area contributed by atoms with Crippen molar-refractivity contribution >= 4 is 5.97 Å². The van der Waals surface area contributed by atoms with Gasteiger partial charge >= 0.3 is 5.97 Å². The molecule has 0 saturated carbocycles. The fourth-order valence-corrected chi connectivity index (χ4v) is 4.82. The largest absolute Gasteiger partial charge is 0.497 e. The molecule has 5 nitrogen and oxygen atoms in total. The van der Waals surface area contributed by atoms with Crippen molar-refractivity contribution in [1.29, 1.82) is 0 Å². The Morgan fingerprint density at radius 3 is 2.03 bits per heavy atom. The molecular weight excluding hydrogens is 486 g/mol. The summed E-state index contributed by atoms with van der Waals surface area (Å²) in [5.41, 5.74) is 4.55. The van der Waals surface area contributed by atoms with Crippen LogP contribution in [0.2, 0.25) is 0 Å². The number of hydrogen-bond acceptors (Lipinski definition) is 4. The molecule has 1 atom stereocenters. The molecule has 0 aliphatic carbocycles. The fraction of sp³-hybridized carbons (Fsp3) is 0.265. The minimum absolute atomic E-state index is 0.0123. The Morgan fingerprint density at radius 2 is 1.44 bits per heavy atom. The molecular formula is C34H37NO4. The van der Waals surface area contributed by atoms with Crippen molar-refractivity contribution in [3.63, 3.8) is 0 Å². The van der Waals surface area contributed by atoms with Crippen molar-refractivity contribution in [3.05, 3.63) is 131 Å². The molecule has 4 aromatic rings.